The van der Waals surface area contributed by atoms with E-state index in [1.54, 1.807) is 30.3 Å². The second kappa shape index (κ2) is 9.28. The highest BCUT2D eigenvalue weighted by Crippen LogP contribution is 2.34. The van der Waals surface area contributed by atoms with Gasteiger partial charge in [0.2, 0.25) is 26.6 Å². The van der Waals surface area contributed by atoms with Gasteiger partial charge in [-0.25, -0.2) is 8.42 Å². The zero-order valence-electron chi connectivity index (χ0n) is 17.9. The van der Waals surface area contributed by atoms with Crippen molar-refractivity contribution in [1.29, 1.82) is 0 Å². The molecule has 0 aliphatic rings. The standard InChI is InChI=1S/C25H24N2O4S/c1-3-30-22-16-10-8-12-19(22)17-26-24-25(32(28,29)20-13-5-4-6-14-20)27-23(31-24)21-15-9-7-11-18(21)2/h4-16,26H,3,17H2,1-2H3. The number of oxazole rings is 1. The minimum Gasteiger partial charge on any atom is -0.494 e. The summed E-state index contributed by atoms with van der Waals surface area (Å²) in [6, 6.07) is 23.4. The van der Waals surface area contributed by atoms with E-state index in [0.29, 0.717) is 13.2 Å². The molecule has 0 fully saturated rings. The van der Waals surface area contributed by atoms with Gasteiger partial charge < -0.3 is 14.5 Å². The third kappa shape index (κ3) is 4.38. The second-order valence-corrected chi connectivity index (χ2v) is 9.04. The van der Waals surface area contributed by atoms with Gasteiger partial charge in [0, 0.05) is 17.7 Å². The average molecular weight is 449 g/mol. The summed E-state index contributed by atoms with van der Waals surface area (Å²) in [5.74, 6) is 1.07. The van der Waals surface area contributed by atoms with Crippen LogP contribution in [0.25, 0.3) is 11.5 Å². The van der Waals surface area contributed by atoms with E-state index >= 15 is 0 Å². The van der Waals surface area contributed by atoms with Crippen molar-refractivity contribution in [2.75, 3.05) is 11.9 Å². The number of ether oxygens (including phenoxy) is 1. The van der Waals surface area contributed by atoms with Crippen LogP contribution in [0.2, 0.25) is 0 Å². The topological polar surface area (TPSA) is 81.4 Å². The molecule has 6 nitrogen and oxygen atoms in total. The largest absolute Gasteiger partial charge is 0.494 e. The van der Waals surface area contributed by atoms with Gasteiger partial charge in [-0.15, -0.1) is 0 Å². The molecule has 32 heavy (non-hydrogen) atoms. The van der Waals surface area contributed by atoms with Gasteiger partial charge in [-0.1, -0.05) is 54.6 Å². The number of rotatable bonds is 8. The number of hydrogen-bond acceptors (Lipinski definition) is 6. The van der Waals surface area contributed by atoms with Gasteiger partial charge in [-0.2, -0.15) is 4.98 Å². The average Bonchev–Trinajstić information content (AvgIpc) is 3.24. The molecule has 0 saturated heterocycles. The minimum atomic E-state index is -3.89. The van der Waals surface area contributed by atoms with E-state index in [1.807, 2.05) is 62.4 Å². The summed E-state index contributed by atoms with van der Waals surface area (Å²) in [6.07, 6.45) is 0. The first-order chi connectivity index (χ1) is 15.5. The summed E-state index contributed by atoms with van der Waals surface area (Å²) in [6.45, 7) is 4.69. The minimum absolute atomic E-state index is 0.0957. The van der Waals surface area contributed by atoms with E-state index < -0.39 is 9.84 Å². The van der Waals surface area contributed by atoms with Crippen molar-refractivity contribution in [3.8, 4) is 17.2 Å². The Morgan fingerprint density at radius 2 is 1.62 bits per heavy atom. The molecule has 0 spiro atoms. The first kappa shape index (κ1) is 21.6. The Morgan fingerprint density at radius 3 is 2.38 bits per heavy atom. The summed E-state index contributed by atoms with van der Waals surface area (Å²) < 4.78 is 38.4. The number of sulfone groups is 1. The van der Waals surface area contributed by atoms with Gasteiger partial charge in [-0.05, 0) is 43.7 Å². The van der Waals surface area contributed by atoms with E-state index in [4.69, 9.17) is 9.15 Å². The highest BCUT2D eigenvalue weighted by atomic mass is 32.2. The molecule has 4 aromatic rings. The maximum Gasteiger partial charge on any atom is 0.234 e. The lowest BCUT2D eigenvalue weighted by atomic mass is 10.1. The number of anilines is 1. The first-order valence-electron chi connectivity index (χ1n) is 10.3. The molecule has 1 N–H and O–H groups in total. The van der Waals surface area contributed by atoms with Crippen molar-refractivity contribution >= 4 is 15.7 Å². The zero-order chi connectivity index (χ0) is 22.6. The lowest BCUT2D eigenvalue weighted by Gasteiger charge is -2.11. The molecule has 1 aromatic heterocycles. The lowest BCUT2D eigenvalue weighted by Crippen LogP contribution is -2.08. The third-order valence-electron chi connectivity index (χ3n) is 4.99. The van der Waals surface area contributed by atoms with Crippen molar-refractivity contribution < 1.29 is 17.6 Å². The molecule has 4 rings (SSSR count). The molecule has 0 radical (unpaired) electrons. The molecule has 0 bridgehead atoms. The fourth-order valence-corrected chi connectivity index (χ4v) is 4.66. The number of nitrogens with one attached hydrogen (secondary N) is 1. The van der Waals surface area contributed by atoms with Crippen LogP contribution in [0, 0.1) is 6.92 Å². The molecule has 3 aromatic carbocycles. The predicted molar refractivity (Wildman–Crippen MR) is 124 cm³/mol. The number of para-hydroxylation sites is 1. The number of benzene rings is 3. The predicted octanol–water partition coefficient (Wildman–Crippen LogP) is 5.49. The Labute approximate surface area is 187 Å². The third-order valence-corrected chi connectivity index (χ3v) is 6.67. The summed E-state index contributed by atoms with van der Waals surface area (Å²) in [5, 5.41) is 2.98. The molecule has 164 valence electrons. The van der Waals surface area contributed by atoms with Crippen LogP contribution in [0.4, 0.5) is 5.88 Å². The molecular weight excluding hydrogens is 424 g/mol. The van der Waals surface area contributed by atoms with E-state index in [-0.39, 0.29) is 21.7 Å². The smallest absolute Gasteiger partial charge is 0.234 e. The Balaban J connectivity index is 1.76. The van der Waals surface area contributed by atoms with Crippen LogP contribution in [-0.2, 0) is 16.4 Å². The van der Waals surface area contributed by atoms with Crippen LogP contribution in [0.15, 0.2) is 93.2 Å². The van der Waals surface area contributed by atoms with Crippen LogP contribution < -0.4 is 10.1 Å². The monoisotopic (exact) mass is 448 g/mol. The van der Waals surface area contributed by atoms with Crippen LogP contribution in [0.1, 0.15) is 18.1 Å². The summed E-state index contributed by atoms with van der Waals surface area (Å²) >= 11 is 0. The van der Waals surface area contributed by atoms with Gasteiger partial charge in [0.15, 0.2) is 0 Å². The Hall–Kier alpha value is -3.58. The van der Waals surface area contributed by atoms with E-state index in [9.17, 15) is 8.42 Å². The highest BCUT2D eigenvalue weighted by Gasteiger charge is 2.28. The summed E-state index contributed by atoms with van der Waals surface area (Å²) in [5.41, 5.74) is 2.55. The molecule has 7 heteroatoms. The molecular formula is C25H24N2O4S. The van der Waals surface area contributed by atoms with Crippen LogP contribution in [0.5, 0.6) is 5.75 Å². The van der Waals surface area contributed by atoms with Gasteiger partial charge in [0.1, 0.15) is 5.75 Å². The lowest BCUT2D eigenvalue weighted by molar-refractivity contribution is 0.337. The molecule has 0 aliphatic carbocycles. The number of nitrogens with zero attached hydrogens (tertiary/aromatic N) is 1. The van der Waals surface area contributed by atoms with Gasteiger partial charge >= 0.3 is 0 Å². The fourth-order valence-electron chi connectivity index (χ4n) is 3.36. The van der Waals surface area contributed by atoms with E-state index in [2.05, 4.69) is 10.3 Å². The maximum absolute atomic E-state index is 13.4. The Morgan fingerprint density at radius 1 is 0.938 bits per heavy atom. The molecule has 0 aliphatic heterocycles. The fraction of sp³-hybridized carbons (Fsp3) is 0.160. The first-order valence-corrected chi connectivity index (χ1v) is 11.8. The summed E-state index contributed by atoms with van der Waals surface area (Å²) in [7, 11) is -3.89. The van der Waals surface area contributed by atoms with Crippen molar-refractivity contribution in [1.82, 2.24) is 4.98 Å². The van der Waals surface area contributed by atoms with Crippen LogP contribution in [0.3, 0.4) is 0 Å². The van der Waals surface area contributed by atoms with Gasteiger partial charge in [-0.3, -0.25) is 0 Å². The number of aryl methyl sites for hydroxylation is 1. The number of aromatic nitrogens is 1. The highest BCUT2D eigenvalue weighted by molar-refractivity contribution is 7.91. The normalized spacial score (nSPS) is 11.3. The van der Waals surface area contributed by atoms with Gasteiger partial charge in [0.05, 0.1) is 11.5 Å². The Kier molecular flexibility index (Phi) is 6.28. The van der Waals surface area contributed by atoms with Crippen LogP contribution >= 0.6 is 0 Å². The van der Waals surface area contributed by atoms with Gasteiger partial charge in [0.25, 0.3) is 0 Å². The van der Waals surface area contributed by atoms with Crippen molar-refractivity contribution in [3.63, 3.8) is 0 Å². The Bertz CT molecular complexity index is 1310. The SMILES string of the molecule is CCOc1ccccc1CNc1oc(-c2ccccc2C)nc1S(=O)(=O)c1ccccc1. The van der Waals surface area contributed by atoms with Crippen molar-refractivity contribution in [3.05, 3.63) is 90.0 Å². The van der Waals surface area contributed by atoms with Crippen molar-refractivity contribution in [2.45, 2.75) is 30.3 Å². The molecule has 0 saturated carbocycles. The van der Waals surface area contributed by atoms with Crippen LogP contribution in [-0.4, -0.2) is 20.0 Å². The zero-order valence-corrected chi connectivity index (χ0v) is 18.7. The van der Waals surface area contributed by atoms with E-state index in [1.165, 1.54) is 0 Å². The molecule has 1 heterocycles. The second-order valence-electron chi connectivity index (χ2n) is 7.18. The molecule has 0 amide bonds. The van der Waals surface area contributed by atoms with E-state index in [0.717, 1.165) is 22.4 Å². The molecule has 0 unspecified atom stereocenters. The van der Waals surface area contributed by atoms with Crippen molar-refractivity contribution in [2.24, 2.45) is 0 Å². The molecule has 0 atom stereocenters. The summed E-state index contributed by atoms with van der Waals surface area (Å²) in [4.78, 5) is 4.57. The maximum atomic E-state index is 13.4. The quantitative estimate of drug-likeness (QED) is 0.384. The number of hydrogen-bond donors (Lipinski definition) is 1.